The predicted octanol–water partition coefficient (Wildman–Crippen LogP) is 6.18. The summed E-state index contributed by atoms with van der Waals surface area (Å²) in [5, 5.41) is 16.0. The zero-order valence-corrected chi connectivity index (χ0v) is 32.3. The predicted molar refractivity (Wildman–Crippen MR) is 206 cm³/mol. The number of rotatable bonds is 13. The highest BCUT2D eigenvalue weighted by atomic mass is 19.4. The normalized spacial score (nSPS) is 19.2. The van der Waals surface area contributed by atoms with Crippen molar-refractivity contribution in [3.63, 3.8) is 0 Å². The number of nitrogens with zero attached hydrogens (tertiary/aromatic N) is 2. The minimum Gasteiger partial charge on any atom is -0.354 e. The highest BCUT2D eigenvalue weighted by Crippen LogP contribution is 2.51. The molecule has 0 radical (unpaired) electrons. The molecule has 12 nitrogen and oxygen atoms in total. The molecule has 19 heteroatoms. The Morgan fingerprint density at radius 2 is 1.55 bits per heavy atom. The second-order valence-electron chi connectivity index (χ2n) is 15.1. The maximum absolute atomic E-state index is 14.2. The topological polar surface area (TPSA) is 184 Å². The summed E-state index contributed by atoms with van der Waals surface area (Å²) in [6, 6.07) is 16.0. The molecule has 3 aromatic carbocycles. The molecule has 2 heterocycles. The van der Waals surface area contributed by atoms with Crippen LogP contribution in [-0.2, 0) is 26.7 Å². The van der Waals surface area contributed by atoms with Crippen molar-refractivity contribution < 1.29 is 49.9 Å². The van der Waals surface area contributed by atoms with E-state index in [4.69, 9.17) is 5.73 Å². The van der Waals surface area contributed by atoms with Crippen LogP contribution in [0.1, 0.15) is 65.8 Å². The summed E-state index contributed by atoms with van der Waals surface area (Å²) in [6.45, 7) is 2.96. The number of carbonyl (C=O) groups is 4. The Labute approximate surface area is 339 Å². The number of aromatic nitrogens is 3. The third-order valence-corrected chi connectivity index (χ3v) is 10.9. The van der Waals surface area contributed by atoms with Gasteiger partial charge in [0.25, 0.3) is 5.91 Å². The molecular weight excluding hydrogens is 801 g/mol. The number of benzene rings is 3. The Hall–Kier alpha value is -5.85. The van der Waals surface area contributed by atoms with Crippen LogP contribution in [0.25, 0.3) is 22.5 Å². The molecule has 4 amide bonds. The molecule has 320 valence electrons. The average Bonchev–Trinajstić information content (AvgIpc) is 3.73. The van der Waals surface area contributed by atoms with Crippen molar-refractivity contribution in [3.05, 3.63) is 89.2 Å². The lowest BCUT2D eigenvalue weighted by molar-refractivity contribution is -0.361. The van der Waals surface area contributed by atoms with Crippen LogP contribution in [-0.4, -0.2) is 76.1 Å². The summed E-state index contributed by atoms with van der Waals surface area (Å²) in [4.78, 5) is 55.4. The summed E-state index contributed by atoms with van der Waals surface area (Å²) < 4.78 is 93.4. The smallest absolute Gasteiger partial charge is 0.354 e. The Kier molecular flexibility index (Phi) is 13.0. The lowest BCUT2D eigenvalue weighted by Crippen LogP contribution is -2.50. The molecule has 1 saturated heterocycles. The molecule has 60 heavy (non-hydrogen) atoms. The van der Waals surface area contributed by atoms with Gasteiger partial charge in [0.2, 0.25) is 23.5 Å². The fraction of sp³-hybridized carbons (Fsp3) is 0.415. The van der Waals surface area contributed by atoms with E-state index in [1.807, 2.05) is 37.3 Å². The Morgan fingerprint density at radius 1 is 0.883 bits per heavy atom. The number of aryl methyl sites for hydroxylation is 1. The molecule has 1 aromatic heterocycles. The van der Waals surface area contributed by atoms with Crippen LogP contribution < -0.4 is 27.0 Å². The number of piperidine rings is 1. The van der Waals surface area contributed by atoms with Gasteiger partial charge in [-0.05, 0) is 117 Å². The monoisotopic (exact) mass is 844 g/mol. The van der Waals surface area contributed by atoms with Gasteiger partial charge in [-0.15, -0.1) is 0 Å². The number of carbonyl (C=O) groups excluding carboxylic acids is 4. The standard InChI is InChI=1S/C41H43F7N8O4/c1-22-19-28(35(58)52-31-3-2-18-50-36(31)59)14-17-30(22)25-8-4-23(5-9-25)20-32(53-34(57)27-10-6-24(21-49)7-11-27)37(60)51-29-15-12-26(13-16-29)33-54-38(56-55-33)39(42,43)40(44,45)41(46,47)48/h4-5,8-9,12-17,19,24,27,31-32H,2-3,6-7,10-11,18,20-21,49H2,1H3,(H,50,59)(H,51,60)(H,52,58)(H,53,57)(H,54,55,56). The summed E-state index contributed by atoms with van der Waals surface area (Å²) >= 11 is 0. The van der Waals surface area contributed by atoms with Gasteiger partial charge >= 0.3 is 18.0 Å². The second kappa shape index (κ2) is 17.8. The third-order valence-electron chi connectivity index (χ3n) is 10.9. The maximum Gasteiger partial charge on any atom is 0.460 e. The van der Waals surface area contributed by atoms with Crippen LogP contribution in [0, 0.1) is 18.8 Å². The van der Waals surface area contributed by atoms with Crippen molar-refractivity contribution in [3.8, 4) is 22.5 Å². The zero-order valence-electron chi connectivity index (χ0n) is 32.3. The molecule has 2 unspecified atom stereocenters. The molecule has 6 rings (SSSR count). The van der Waals surface area contributed by atoms with E-state index in [2.05, 4.69) is 31.3 Å². The number of H-pyrrole nitrogens is 1. The number of nitrogens with one attached hydrogen (secondary N) is 5. The first-order chi connectivity index (χ1) is 28.4. The van der Waals surface area contributed by atoms with E-state index in [9.17, 15) is 49.9 Å². The lowest BCUT2D eigenvalue weighted by Gasteiger charge is -2.28. The van der Waals surface area contributed by atoms with E-state index in [-0.39, 0.29) is 41.3 Å². The Morgan fingerprint density at radius 3 is 2.17 bits per heavy atom. The maximum atomic E-state index is 14.2. The Balaban J connectivity index is 1.15. The number of hydrogen-bond acceptors (Lipinski definition) is 7. The number of aromatic amines is 1. The van der Waals surface area contributed by atoms with Crippen molar-refractivity contribution in [2.75, 3.05) is 18.4 Å². The number of amides is 4. The zero-order chi connectivity index (χ0) is 43.4. The fourth-order valence-electron chi connectivity index (χ4n) is 7.29. The van der Waals surface area contributed by atoms with Gasteiger partial charge in [-0.25, -0.2) is 4.98 Å². The molecular formula is C41H43F7N8O4. The number of anilines is 1. The van der Waals surface area contributed by atoms with Crippen LogP contribution in [0.2, 0.25) is 0 Å². The van der Waals surface area contributed by atoms with E-state index in [1.165, 1.54) is 29.4 Å². The first kappa shape index (κ1) is 43.7. The quantitative estimate of drug-likeness (QED) is 0.0870. The van der Waals surface area contributed by atoms with E-state index >= 15 is 0 Å². The van der Waals surface area contributed by atoms with Crippen LogP contribution >= 0.6 is 0 Å². The van der Waals surface area contributed by atoms with Gasteiger partial charge in [-0.3, -0.25) is 24.3 Å². The Bertz CT molecular complexity index is 2190. The highest BCUT2D eigenvalue weighted by Gasteiger charge is 2.75. The fourth-order valence-corrected chi connectivity index (χ4v) is 7.29. The summed E-state index contributed by atoms with van der Waals surface area (Å²) in [6.07, 6.45) is -2.38. The minimum atomic E-state index is -6.56. The van der Waals surface area contributed by atoms with E-state index in [1.54, 1.807) is 12.1 Å². The van der Waals surface area contributed by atoms with Crippen molar-refractivity contribution in [2.45, 2.75) is 82.0 Å². The summed E-state index contributed by atoms with van der Waals surface area (Å²) in [7, 11) is 0. The first-order valence-corrected chi connectivity index (χ1v) is 19.3. The lowest BCUT2D eigenvalue weighted by atomic mass is 9.81. The molecule has 1 aliphatic heterocycles. The molecule has 4 aromatic rings. The second-order valence-corrected chi connectivity index (χ2v) is 15.1. The number of hydrogen-bond donors (Lipinski definition) is 6. The molecule has 1 aliphatic carbocycles. The van der Waals surface area contributed by atoms with Gasteiger partial charge in [0.15, 0.2) is 5.82 Å². The summed E-state index contributed by atoms with van der Waals surface area (Å²) in [5.41, 5.74) is 9.56. The minimum absolute atomic E-state index is 0.0405. The highest BCUT2D eigenvalue weighted by molar-refractivity contribution is 5.99. The van der Waals surface area contributed by atoms with Gasteiger partial charge in [0, 0.05) is 35.7 Å². The molecule has 0 bridgehead atoms. The van der Waals surface area contributed by atoms with Crippen molar-refractivity contribution in [1.82, 2.24) is 31.1 Å². The van der Waals surface area contributed by atoms with E-state index < -0.39 is 47.7 Å². The van der Waals surface area contributed by atoms with Crippen molar-refractivity contribution >= 4 is 29.3 Å². The van der Waals surface area contributed by atoms with Crippen LogP contribution in [0.3, 0.4) is 0 Å². The third kappa shape index (κ3) is 9.61. The SMILES string of the molecule is Cc1cc(C(=O)NC2CCCNC2=O)ccc1-c1ccc(CC(NC(=O)C2CCC(CN)CC2)C(=O)Nc2ccc(-c3n[nH]c(C(F)(F)C(F)(F)C(F)(F)F)n3)cc2)cc1. The van der Waals surface area contributed by atoms with Crippen molar-refractivity contribution in [1.29, 1.82) is 0 Å². The summed E-state index contributed by atoms with van der Waals surface area (Å²) in [5.74, 6) is -16.2. The largest absolute Gasteiger partial charge is 0.460 e. The van der Waals surface area contributed by atoms with Crippen molar-refractivity contribution in [2.24, 2.45) is 17.6 Å². The van der Waals surface area contributed by atoms with Gasteiger partial charge in [0.05, 0.1) is 0 Å². The number of halogens is 7. The molecule has 2 atom stereocenters. The van der Waals surface area contributed by atoms with E-state index in [0.717, 1.165) is 36.0 Å². The van der Waals surface area contributed by atoms with Crippen LogP contribution in [0.5, 0.6) is 0 Å². The van der Waals surface area contributed by atoms with Gasteiger partial charge in [0.1, 0.15) is 12.1 Å². The molecule has 2 fully saturated rings. The molecule has 7 N–H and O–H groups in total. The van der Waals surface area contributed by atoms with Gasteiger partial charge in [-0.2, -0.15) is 35.8 Å². The molecule has 0 spiro atoms. The molecule has 2 aliphatic rings. The van der Waals surface area contributed by atoms with Crippen LogP contribution in [0.15, 0.2) is 66.7 Å². The average molecular weight is 845 g/mol. The molecule has 1 saturated carbocycles. The number of nitrogens with two attached hydrogens (primary N) is 1. The van der Waals surface area contributed by atoms with Gasteiger partial charge < -0.3 is 27.0 Å². The van der Waals surface area contributed by atoms with Gasteiger partial charge in [-0.1, -0.05) is 30.3 Å². The van der Waals surface area contributed by atoms with E-state index in [0.29, 0.717) is 49.4 Å². The number of alkyl halides is 7. The van der Waals surface area contributed by atoms with Crippen LogP contribution in [0.4, 0.5) is 36.4 Å². The first-order valence-electron chi connectivity index (χ1n) is 19.3.